The quantitative estimate of drug-likeness (QED) is 0.641. The SMILES string of the molecule is CC(N)=CC(=O)c1cnc(NCc2ccc(F)cc2)nc1C(C)(C)C. The highest BCUT2D eigenvalue weighted by Crippen LogP contribution is 2.25. The van der Waals surface area contributed by atoms with Crippen LogP contribution in [0.15, 0.2) is 42.2 Å². The standard InChI is InChI=1S/C19H23FN4O/c1-12(21)9-16(25)15-11-23-18(24-17(15)19(2,3)4)22-10-13-5-7-14(20)8-6-13/h5-9,11H,10,21H2,1-4H3,(H,22,23,24). The second-order valence-corrected chi connectivity index (χ2v) is 6.94. The molecule has 0 spiro atoms. The van der Waals surface area contributed by atoms with E-state index in [0.29, 0.717) is 29.4 Å². The molecule has 0 unspecified atom stereocenters. The van der Waals surface area contributed by atoms with Gasteiger partial charge in [-0.05, 0) is 24.6 Å². The van der Waals surface area contributed by atoms with Gasteiger partial charge in [0.1, 0.15) is 5.82 Å². The van der Waals surface area contributed by atoms with E-state index in [1.54, 1.807) is 19.1 Å². The smallest absolute Gasteiger partial charge is 0.223 e. The lowest BCUT2D eigenvalue weighted by molar-refractivity contribution is 0.104. The molecule has 0 aliphatic carbocycles. The van der Waals surface area contributed by atoms with Gasteiger partial charge in [0.25, 0.3) is 0 Å². The van der Waals surface area contributed by atoms with Gasteiger partial charge >= 0.3 is 0 Å². The van der Waals surface area contributed by atoms with Gasteiger partial charge < -0.3 is 11.1 Å². The fourth-order valence-corrected chi connectivity index (χ4v) is 2.29. The Morgan fingerprint density at radius 2 is 1.92 bits per heavy atom. The summed E-state index contributed by atoms with van der Waals surface area (Å²) in [5, 5.41) is 3.10. The van der Waals surface area contributed by atoms with E-state index in [-0.39, 0.29) is 17.0 Å². The molecule has 2 rings (SSSR count). The van der Waals surface area contributed by atoms with Crippen molar-refractivity contribution in [3.05, 3.63) is 64.9 Å². The van der Waals surface area contributed by atoms with Crippen LogP contribution in [0.5, 0.6) is 0 Å². The molecule has 5 nitrogen and oxygen atoms in total. The van der Waals surface area contributed by atoms with Crippen LogP contribution < -0.4 is 11.1 Å². The molecule has 1 aromatic carbocycles. The minimum atomic E-state index is -0.337. The van der Waals surface area contributed by atoms with Gasteiger partial charge in [0.2, 0.25) is 5.95 Å². The number of ketones is 1. The molecule has 25 heavy (non-hydrogen) atoms. The number of halogens is 1. The molecule has 1 heterocycles. The Morgan fingerprint density at radius 3 is 2.48 bits per heavy atom. The summed E-state index contributed by atoms with van der Waals surface area (Å²) in [6.07, 6.45) is 2.89. The average molecular weight is 342 g/mol. The van der Waals surface area contributed by atoms with Crippen LogP contribution in [0.25, 0.3) is 0 Å². The van der Waals surface area contributed by atoms with Crippen LogP contribution in [0.3, 0.4) is 0 Å². The van der Waals surface area contributed by atoms with Crippen LogP contribution in [0.4, 0.5) is 10.3 Å². The number of carbonyl (C=O) groups is 1. The summed E-state index contributed by atoms with van der Waals surface area (Å²) in [4.78, 5) is 21.1. The molecular formula is C19H23FN4O. The predicted molar refractivity (Wildman–Crippen MR) is 96.7 cm³/mol. The number of hydrogen-bond acceptors (Lipinski definition) is 5. The summed E-state index contributed by atoms with van der Waals surface area (Å²) < 4.78 is 13.0. The van der Waals surface area contributed by atoms with Gasteiger partial charge in [-0.1, -0.05) is 32.9 Å². The highest BCUT2D eigenvalue weighted by atomic mass is 19.1. The highest BCUT2D eigenvalue weighted by molar-refractivity contribution is 6.05. The van der Waals surface area contributed by atoms with E-state index in [1.165, 1.54) is 24.4 Å². The van der Waals surface area contributed by atoms with E-state index < -0.39 is 0 Å². The lowest BCUT2D eigenvalue weighted by Gasteiger charge is -2.21. The number of rotatable bonds is 5. The number of nitrogens with zero attached hydrogens (tertiary/aromatic N) is 2. The van der Waals surface area contributed by atoms with Gasteiger partial charge in [0.15, 0.2) is 5.78 Å². The first-order valence-electron chi connectivity index (χ1n) is 8.01. The molecule has 3 N–H and O–H groups in total. The minimum Gasteiger partial charge on any atom is -0.402 e. The molecule has 0 saturated carbocycles. The number of carbonyl (C=O) groups excluding carboxylic acids is 1. The molecule has 0 radical (unpaired) electrons. The lowest BCUT2D eigenvalue weighted by Crippen LogP contribution is -2.21. The van der Waals surface area contributed by atoms with Crippen molar-refractivity contribution >= 4 is 11.7 Å². The number of nitrogens with one attached hydrogen (secondary N) is 1. The van der Waals surface area contributed by atoms with E-state index in [4.69, 9.17) is 5.73 Å². The summed E-state index contributed by atoms with van der Waals surface area (Å²) >= 11 is 0. The molecule has 0 aliphatic heterocycles. The Bertz CT molecular complexity index is 788. The van der Waals surface area contributed by atoms with Crippen molar-refractivity contribution in [2.75, 3.05) is 5.32 Å². The second kappa shape index (κ2) is 7.42. The van der Waals surface area contributed by atoms with Crippen molar-refractivity contribution in [3.63, 3.8) is 0 Å². The van der Waals surface area contributed by atoms with Crippen molar-refractivity contribution in [1.29, 1.82) is 0 Å². The third kappa shape index (κ3) is 5.11. The maximum Gasteiger partial charge on any atom is 0.223 e. The molecule has 0 fully saturated rings. The molecule has 1 aromatic heterocycles. The maximum absolute atomic E-state index is 13.0. The first-order chi connectivity index (χ1) is 11.7. The van der Waals surface area contributed by atoms with Crippen LogP contribution in [0.2, 0.25) is 0 Å². The fourth-order valence-electron chi connectivity index (χ4n) is 2.29. The van der Waals surface area contributed by atoms with Crippen LogP contribution in [0, 0.1) is 5.82 Å². The fraction of sp³-hybridized carbons (Fsp3) is 0.316. The van der Waals surface area contributed by atoms with Gasteiger partial charge in [-0.2, -0.15) is 0 Å². The van der Waals surface area contributed by atoms with E-state index >= 15 is 0 Å². The molecule has 2 aromatic rings. The molecule has 6 heteroatoms. The van der Waals surface area contributed by atoms with Crippen LogP contribution in [0.1, 0.15) is 49.3 Å². The summed E-state index contributed by atoms with van der Waals surface area (Å²) in [6.45, 7) is 8.06. The molecule has 132 valence electrons. The van der Waals surface area contributed by atoms with Crippen LogP contribution in [-0.4, -0.2) is 15.8 Å². The Hall–Kier alpha value is -2.76. The van der Waals surface area contributed by atoms with E-state index in [2.05, 4.69) is 15.3 Å². The first-order valence-corrected chi connectivity index (χ1v) is 8.01. The summed E-state index contributed by atoms with van der Waals surface area (Å²) in [7, 11) is 0. The normalized spacial score (nSPS) is 12.1. The van der Waals surface area contributed by atoms with Crippen LogP contribution >= 0.6 is 0 Å². The number of benzene rings is 1. The Balaban J connectivity index is 2.27. The monoisotopic (exact) mass is 342 g/mol. The highest BCUT2D eigenvalue weighted by Gasteiger charge is 2.24. The van der Waals surface area contributed by atoms with Gasteiger partial charge in [0, 0.05) is 29.9 Å². The third-order valence-corrected chi connectivity index (χ3v) is 3.49. The van der Waals surface area contributed by atoms with Gasteiger partial charge in [-0.15, -0.1) is 0 Å². The zero-order valence-corrected chi connectivity index (χ0v) is 14.9. The van der Waals surface area contributed by atoms with Crippen molar-refractivity contribution in [1.82, 2.24) is 9.97 Å². The van der Waals surface area contributed by atoms with Gasteiger partial charge in [0.05, 0.1) is 11.3 Å². The number of anilines is 1. The molecule has 0 aliphatic rings. The predicted octanol–water partition coefficient (Wildman–Crippen LogP) is 3.57. The van der Waals surface area contributed by atoms with Crippen molar-refractivity contribution < 1.29 is 9.18 Å². The Kier molecular flexibility index (Phi) is 5.51. The first kappa shape index (κ1) is 18.6. The zero-order chi connectivity index (χ0) is 18.6. The van der Waals surface area contributed by atoms with Gasteiger partial charge in [-0.3, -0.25) is 4.79 Å². The molecule has 0 bridgehead atoms. The average Bonchev–Trinajstić information content (AvgIpc) is 2.52. The lowest BCUT2D eigenvalue weighted by atomic mass is 9.87. The number of allylic oxidation sites excluding steroid dienone is 2. The third-order valence-electron chi connectivity index (χ3n) is 3.49. The van der Waals surface area contributed by atoms with Gasteiger partial charge in [-0.25, -0.2) is 14.4 Å². The molecular weight excluding hydrogens is 319 g/mol. The Labute approximate surface area is 147 Å². The van der Waals surface area contributed by atoms with Crippen molar-refractivity contribution in [2.24, 2.45) is 5.73 Å². The summed E-state index contributed by atoms with van der Waals surface area (Å²) in [5.74, 6) is -0.0737. The molecule has 0 atom stereocenters. The van der Waals surface area contributed by atoms with E-state index in [9.17, 15) is 9.18 Å². The summed E-state index contributed by atoms with van der Waals surface area (Å²) in [6, 6.07) is 6.20. The topological polar surface area (TPSA) is 80.9 Å². The van der Waals surface area contributed by atoms with E-state index in [0.717, 1.165) is 5.56 Å². The largest absolute Gasteiger partial charge is 0.402 e. The van der Waals surface area contributed by atoms with Crippen molar-refractivity contribution in [2.45, 2.75) is 39.7 Å². The Morgan fingerprint density at radius 1 is 1.28 bits per heavy atom. The number of aromatic nitrogens is 2. The number of hydrogen-bond donors (Lipinski definition) is 2. The second-order valence-electron chi connectivity index (χ2n) is 6.94. The number of nitrogens with two attached hydrogens (primary N) is 1. The zero-order valence-electron chi connectivity index (χ0n) is 14.9. The van der Waals surface area contributed by atoms with Crippen LogP contribution in [-0.2, 0) is 12.0 Å². The molecule has 0 amide bonds. The van der Waals surface area contributed by atoms with E-state index in [1.807, 2.05) is 20.8 Å². The minimum absolute atomic E-state index is 0.213. The maximum atomic E-state index is 13.0. The van der Waals surface area contributed by atoms with Crippen molar-refractivity contribution in [3.8, 4) is 0 Å². The summed E-state index contributed by atoms with van der Waals surface area (Å²) in [5.41, 5.74) is 7.69. The molecule has 0 saturated heterocycles.